The van der Waals surface area contributed by atoms with Crippen molar-refractivity contribution < 1.29 is 9.53 Å². The molecule has 200 valence electrons. The van der Waals surface area contributed by atoms with Crippen molar-refractivity contribution in [3.8, 4) is 11.8 Å². The largest absolute Gasteiger partial charge is 0.496 e. The third kappa shape index (κ3) is 4.93. The first-order chi connectivity index (χ1) is 19.0. The number of fused-ring (bicyclic) bond motifs is 1. The van der Waals surface area contributed by atoms with Gasteiger partial charge in [-0.1, -0.05) is 12.1 Å². The van der Waals surface area contributed by atoms with Gasteiger partial charge in [0.05, 0.1) is 19.7 Å². The SMILES string of the molecule is COc1cc(C)c2[nH]ccc2c1CN1CCC2(CC(C#N)C2)C[C@H]1c1ccc(C(=O)NCc2nccs2)cc1. The minimum atomic E-state index is -0.0937. The Morgan fingerprint density at radius 3 is 2.82 bits per heavy atom. The molecular formula is C31H33N5O2S. The minimum Gasteiger partial charge on any atom is -0.496 e. The van der Waals surface area contributed by atoms with E-state index in [1.807, 2.05) is 23.7 Å². The number of aromatic nitrogens is 2. The van der Waals surface area contributed by atoms with Crippen molar-refractivity contribution in [3.63, 3.8) is 0 Å². The average Bonchev–Trinajstić information content (AvgIpc) is 3.65. The summed E-state index contributed by atoms with van der Waals surface area (Å²) in [5, 5.41) is 16.4. The Morgan fingerprint density at radius 1 is 1.28 bits per heavy atom. The van der Waals surface area contributed by atoms with Crippen LogP contribution in [0, 0.1) is 29.6 Å². The number of rotatable bonds is 7. The second-order valence-corrected chi connectivity index (χ2v) is 12.0. The standard InChI is InChI=1S/C31H33N5O2S/c1-20-13-27(38-2)25(24-7-9-34-29(20)24)19-36-11-8-31(14-21(15-31)17-32)16-26(36)22-3-5-23(6-4-22)30(37)35-18-28-33-10-12-39-28/h3-7,9-10,12-13,21,26,34H,8,11,14-16,18-19H2,1-2H3,(H,35,37)/t21?,26-,31?/m0/s1. The molecule has 39 heavy (non-hydrogen) atoms. The molecule has 2 fully saturated rings. The number of amides is 1. The molecule has 1 amide bonds. The van der Waals surface area contributed by atoms with E-state index in [0.717, 1.165) is 55.0 Å². The summed E-state index contributed by atoms with van der Waals surface area (Å²) in [4.78, 5) is 23.0. The van der Waals surface area contributed by atoms with E-state index in [2.05, 4.69) is 57.4 Å². The number of hydrogen-bond acceptors (Lipinski definition) is 6. The molecule has 1 spiro atoms. The summed E-state index contributed by atoms with van der Waals surface area (Å²) in [5.41, 5.74) is 5.61. The molecule has 1 aliphatic carbocycles. The fourth-order valence-corrected chi connectivity index (χ4v) is 7.14. The third-order valence-electron chi connectivity index (χ3n) is 8.67. The predicted octanol–water partition coefficient (Wildman–Crippen LogP) is 6.13. The van der Waals surface area contributed by atoms with Gasteiger partial charge in [0.15, 0.2) is 0 Å². The number of nitriles is 1. The van der Waals surface area contributed by atoms with Crippen LogP contribution in [0.25, 0.3) is 10.9 Å². The highest BCUT2D eigenvalue weighted by molar-refractivity contribution is 7.09. The fourth-order valence-electron chi connectivity index (χ4n) is 6.58. The lowest BCUT2D eigenvalue weighted by Gasteiger charge is -2.53. The Hall–Kier alpha value is -3.67. The Labute approximate surface area is 232 Å². The van der Waals surface area contributed by atoms with Gasteiger partial charge in [-0.15, -0.1) is 11.3 Å². The van der Waals surface area contributed by atoms with Crippen molar-refractivity contribution in [2.45, 2.75) is 51.7 Å². The number of H-pyrrole nitrogens is 1. The lowest BCUT2D eigenvalue weighted by atomic mass is 9.56. The van der Waals surface area contributed by atoms with Gasteiger partial charge in [-0.05, 0) is 80.0 Å². The summed E-state index contributed by atoms with van der Waals surface area (Å²) in [5.74, 6) is 1.00. The Morgan fingerprint density at radius 2 is 2.10 bits per heavy atom. The highest BCUT2D eigenvalue weighted by Crippen LogP contribution is 2.56. The molecule has 8 heteroatoms. The topological polar surface area (TPSA) is 94.0 Å². The maximum absolute atomic E-state index is 12.8. The fraction of sp³-hybridized carbons (Fsp3) is 0.387. The van der Waals surface area contributed by atoms with Crippen molar-refractivity contribution in [2.24, 2.45) is 11.3 Å². The molecule has 1 aliphatic heterocycles. The van der Waals surface area contributed by atoms with Crippen LogP contribution in [0.4, 0.5) is 0 Å². The third-order valence-corrected chi connectivity index (χ3v) is 9.45. The molecular weight excluding hydrogens is 506 g/mol. The number of carbonyl (C=O) groups is 1. The van der Waals surface area contributed by atoms with Crippen molar-refractivity contribution in [2.75, 3.05) is 13.7 Å². The molecule has 2 aromatic heterocycles. The highest BCUT2D eigenvalue weighted by atomic mass is 32.1. The summed E-state index contributed by atoms with van der Waals surface area (Å²) < 4.78 is 5.86. The number of aryl methyl sites for hydroxylation is 1. The van der Waals surface area contributed by atoms with Crippen molar-refractivity contribution >= 4 is 28.1 Å². The van der Waals surface area contributed by atoms with Crippen LogP contribution in [-0.4, -0.2) is 34.4 Å². The van der Waals surface area contributed by atoms with E-state index >= 15 is 0 Å². The summed E-state index contributed by atoms with van der Waals surface area (Å²) in [6.45, 7) is 4.27. The van der Waals surface area contributed by atoms with Gasteiger partial charge in [0, 0.05) is 58.3 Å². The minimum absolute atomic E-state index is 0.0937. The second-order valence-electron chi connectivity index (χ2n) is 11.0. The molecule has 2 aromatic carbocycles. The van der Waals surface area contributed by atoms with Gasteiger partial charge in [0.1, 0.15) is 10.8 Å². The van der Waals surface area contributed by atoms with Gasteiger partial charge >= 0.3 is 0 Å². The van der Waals surface area contributed by atoms with Crippen LogP contribution in [0.5, 0.6) is 5.75 Å². The lowest BCUT2D eigenvalue weighted by molar-refractivity contribution is -0.0298. The van der Waals surface area contributed by atoms with E-state index in [1.165, 1.54) is 33.4 Å². The number of hydrogen-bond donors (Lipinski definition) is 2. The van der Waals surface area contributed by atoms with Crippen molar-refractivity contribution in [1.29, 1.82) is 5.26 Å². The monoisotopic (exact) mass is 539 g/mol. The molecule has 4 aromatic rings. The maximum atomic E-state index is 12.8. The van der Waals surface area contributed by atoms with Gasteiger partial charge in [0.25, 0.3) is 5.91 Å². The molecule has 2 N–H and O–H groups in total. The first-order valence-electron chi connectivity index (χ1n) is 13.5. The van der Waals surface area contributed by atoms with Crippen LogP contribution >= 0.6 is 11.3 Å². The van der Waals surface area contributed by atoms with Crippen LogP contribution < -0.4 is 10.1 Å². The molecule has 2 aliphatic rings. The number of piperidine rings is 1. The van der Waals surface area contributed by atoms with Crippen molar-refractivity contribution in [1.82, 2.24) is 20.2 Å². The van der Waals surface area contributed by atoms with E-state index < -0.39 is 0 Å². The van der Waals surface area contributed by atoms with Gasteiger partial charge < -0.3 is 15.0 Å². The van der Waals surface area contributed by atoms with Crippen LogP contribution in [-0.2, 0) is 13.1 Å². The molecule has 0 radical (unpaired) electrons. The first kappa shape index (κ1) is 25.6. The number of likely N-dealkylation sites (tertiary alicyclic amines) is 1. The van der Waals surface area contributed by atoms with Gasteiger partial charge in [-0.2, -0.15) is 5.26 Å². The zero-order valence-corrected chi connectivity index (χ0v) is 23.2. The first-order valence-corrected chi connectivity index (χ1v) is 14.4. The molecule has 0 unspecified atom stereocenters. The summed E-state index contributed by atoms with van der Waals surface area (Å²) >= 11 is 1.53. The number of ether oxygens (including phenoxy) is 1. The molecule has 1 saturated heterocycles. The Bertz CT molecular complexity index is 1510. The quantitative estimate of drug-likeness (QED) is 0.295. The smallest absolute Gasteiger partial charge is 0.251 e. The Balaban J connectivity index is 1.26. The zero-order valence-electron chi connectivity index (χ0n) is 22.4. The number of aromatic amines is 1. The summed E-state index contributed by atoms with van der Waals surface area (Å²) in [6, 6.07) is 15.0. The summed E-state index contributed by atoms with van der Waals surface area (Å²) in [7, 11) is 1.74. The Kier molecular flexibility index (Phi) is 6.88. The van der Waals surface area contributed by atoms with E-state index in [1.54, 1.807) is 13.3 Å². The van der Waals surface area contributed by atoms with E-state index in [-0.39, 0.29) is 23.3 Å². The average molecular weight is 540 g/mol. The van der Waals surface area contributed by atoms with Crippen molar-refractivity contribution in [3.05, 3.63) is 81.4 Å². The molecule has 1 saturated carbocycles. The second kappa shape index (κ2) is 10.5. The number of nitrogens with zero attached hydrogens (tertiary/aromatic N) is 3. The number of thiazole rings is 1. The normalized spacial score (nSPS) is 22.9. The van der Waals surface area contributed by atoms with E-state index in [0.29, 0.717) is 12.1 Å². The van der Waals surface area contributed by atoms with Crippen LogP contribution in [0.3, 0.4) is 0 Å². The van der Waals surface area contributed by atoms with Gasteiger partial charge in [-0.3, -0.25) is 9.69 Å². The maximum Gasteiger partial charge on any atom is 0.251 e. The van der Waals surface area contributed by atoms with Gasteiger partial charge in [-0.25, -0.2) is 4.98 Å². The lowest BCUT2D eigenvalue weighted by Crippen LogP contribution is -2.48. The van der Waals surface area contributed by atoms with Crippen LogP contribution in [0.15, 0.2) is 54.2 Å². The number of benzene rings is 2. The highest BCUT2D eigenvalue weighted by Gasteiger charge is 2.49. The van der Waals surface area contributed by atoms with Crippen LogP contribution in [0.2, 0.25) is 0 Å². The predicted molar refractivity (Wildman–Crippen MR) is 152 cm³/mol. The van der Waals surface area contributed by atoms with Gasteiger partial charge in [0.2, 0.25) is 0 Å². The molecule has 3 heterocycles. The molecule has 0 bridgehead atoms. The number of nitrogens with one attached hydrogen (secondary N) is 2. The molecule has 6 rings (SSSR count). The summed E-state index contributed by atoms with van der Waals surface area (Å²) in [6.07, 6.45) is 7.84. The van der Waals surface area contributed by atoms with Crippen LogP contribution in [0.1, 0.15) is 63.8 Å². The molecule has 1 atom stereocenters. The number of methoxy groups -OCH3 is 1. The number of carbonyl (C=O) groups excluding carboxylic acids is 1. The van der Waals surface area contributed by atoms with E-state index in [4.69, 9.17) is 4.74 Å². The van der Waals surface area contributed by atoms with E-state index in [9.17, 15) is 10.1 Å². The zero-order chi connectivity index (χ0) is 27.0. The molecule has 7 nitrogen and oxygen atoms in total.